The van der Waals surface area contributed by atoms with Crippen molar-refractivity contribution in [3.8, 4) is 5.69 Å². The lowest BCUT2D eigenvalue weighted by molar-refractivity contribution is 0.0939. The molecule has 4 aromatic rings. The van der Waals surface area contributed by atoms with Crippen LogP contribution in [0.4, 0.5) is 0 Å². The lowest BCUT2D eigenvalue weighted by atomic mass is 10.1. The number of hydrogen-bond acceptors (Lipinski definition) is 4. The molecule has 1 N–H and O–H groups in total. The van der Waals surface area contributed by atoms with Crippen molar-refractivity contribution >= 4 is 17.7 Å². The lowest BCUT2D eigenvalue weighted by Crippen LogP contribution is -2.31. The quantitative estimate of drug-likeness (QED) is 0.305. The standard InChI is InChI=1S/C28H30N4OS/c1-4-21(3)29-27(33)24-14-12-23(13-15-24)19-34-28-31-30-26(18-22-8-6-5-7-9-22)32(28)25-16-10-20(2)11-17-25/h5-17,21H,4,18-19H2,1-3H3,(H,29,33)/t21-/m1/s1. The minimum absolute atomic E-state index is 0.0294. The smallest absolute Gasteiger partial charge is 0.251 e. The van der Waals surface area contributed by atoms with E-state index in [4.69, 9.17) is 0 Å². The molecule has 4 rings (SSSR count). The number of thioether (sulfide) groups is 1. The molecule has 0 aliphatic rings. The molecule has 5 nitrogen and oxygen atoms in total. The van der Waals surface area contributed by atoms with Crippen molar-refractivity contribution in [2.24, 2.45) is 0 Å². The number of hydrogen-bond donors (Lipinski definition) is 1. The minimum atomic E-state index is -0.0294. The summed E-state index contributed by atoms with van der Waals surface area (Å²) in [7, 11) is 0. The summed E-state index contributed by atoms with van der Waals surface area (Å²) in [5.74, 6) is 1.62. The van der Waals surface area contributed by atoms with Gasteiger partial charge in [0.2, 0.25) is 0 Å². The Bertz CT molecular complexity index is 1220. The number of carbonyl (C=O) groups is 1. The highest BCUT2D eigenvalue weighted by Crippen LogP contribution is 2.26. The summed E-state index contributed by atoms with van der Waals surface area (Å²) >= 11 is 1.65. The first-order chi connectivity index (χ1) is 16.5. The van der Waals surface area contributed by atoms with E-state index in [9.17, 15) is 4.79 Å². The maximum atomic E-state index is 12.3. The molecule has 1 atom stereocenters. The molecule has 0 saturated heterocycles. The molecule has 0 spiro atoms. The van der Waals surface area contributed by atoms with Gasteiger partial charge in [0, 0.05) is 29.5 Å². The average Bonchev–Trinajstić information content (AvgIpc) is 3.26. The van der Waals surface area contributed by atoms with Gasteiger partial charge < -0.3 is 5.32 Å². The van der Waals surface area contributed by atoms with Crippen molar-refractivity contribution < 1.29 is 4.79 Å². The first kappa shape index (κ1) is 23.8. The van der Waals surface area contributed by atoms with E-state index in [1.807, 2.05) is 49.4 Å². The van der Waals surface area contributed by atoms with Crippen LogP contribution in [0.5, 0.6) is 0 Å². The highest BCUT2D eigenvalue weighted by molar-refractivity contribution is 7.98. The third kappa shape index (κ3) is 5.94. The maximum absolute atomic E-state index is 12.3. The summed E-state index contributed by atoms with van der Waals surface area (Å²) in [5.41, 5.74) is 5.29. The molecule has 0 fully saturated rings. The molecule has 1 heterocycles. The Morgan fingerprint density at radius 2 is 1.65 bits per heavy atom. The van der Waals surface area contributed by atoms with E-state index in [0.717, 1.165) is 34.4 Å². The van der Waals surface area contributed by atoms with E-state index >= 15 is 0 Å². The molecule has 0 aliphatic heterocycles. The van der Waals surface area contributed by atoms with Crippen LogP contribution in [0.25, 0.3) is 5.69 Å². The zero-order valence-corrected chi connectivity index (χ0v) is 20.7. The molecule has 0 saturated carbocycles. The van der Waals surface area contributed by atoms with Gasteiger partial charge in [0.25, 0.3) is 5.91 Å². The van der Waals surface area contributed by atoms with Crippen molar-refractivity contribution in [1.82, 2.24) is 20.1 Å². The Kier molecular flexibility index (Phi) is 7.80. The Labute approximate surface area is 205 Å². The molecule has 1 amide bonds. The average molecular weight is 471 g/mol. The monoisotopic (exact) mass is 470 g/mol. The first-order valence-electron chi connectivity index (χ1n) is 11.6. The van der Waals surface area contributed by atoms with Gasteiger partial charge in [-0.25, -0.2) is 0 Å². The lowest BCUT2D eigenvalue weighted by Gasteiger charge is -2.12. The second-order valence-corrected chi connectivity index (χ2v) is 9.44. The third-order valence-corrected chi connectivity index (χ3v) is 6.77. The van der Waals surface area contributed by atoms with Crippen LogP contribution in [0.1, 0.15) is 53.1 Å². The van der Waals surface area contributed by atoms with Crippen LogP contribution in [0, 0.1) is 6.92 Å². The molecule has 0 unspecified atom stereocenters. The number of aryl methyl sites for hydroxylation is 1. The van der Waals surface area contributed by atoms with Gasteiger partial charge in [-0.05, 0) is 55.7 Å². The largest absolute Gasteiger partial charge is 0.350 e. The van der Waals surface area contributed by atoms with E-state index in [0.29, 0.717) is 12.0 Å². The molecule has 174 valence electrons. The first-order valence-corrected chi connectivity index (χ1v) is 12.6. The molecule has 1 aromatic heterocycles. The van der Waals surface area contributed by atoms with Crippen LogP contribution in [-0.2, 0) is 12.2 Å². The number of nitrogens with zero attached hydrogens (tertiary/aromatic N) is 3. The van der Waals surface area contributed by atoms with E-state index < -0.39 is 0 Å². The van der Waals surface area contributed by atoms with Crippen LogP contribution in [0.15, 0.2) is 84.0 Å². The van der Waals surface area contributed by atoms with Gasteiger partial charge in [0.05, 0.1) is 0 Å². The highest BCUT2D eigenvalue weighted by Gasteiger charge is 2.15. The van der Waals surface area contributed by atoms with Gasteiger partial charge in [-0.1, -0.05) is 78.8 Å². The second kappa shape index (κ2) is 11.2. The van der Waals surface area contributed by atoms with E-state index in [1.54, 1.807) is 11.8 Å². The van der Waals surface area contributed by atoms with E-state index in [-0.39, 0.29) is 11.9 Å². The number of benzene rings is 3. The maximum Gasteiger partial charge on any atom is 0.251 e. The summed E-state index contributed by atoms with van der Waals surface area (Å²) < 4.78 is 2.14. The zero-order valence-electron chi connectivity index (χ0n) is 19.9. The Hall–Kier alpha value is -3.38. The fourth-order valence-corrected chi connectivity index (χ4v) is 4.48. The van der Waals surface area contributed by atoms with Gasteiger partial charge in [0.15, 0.2) is 5.16 Å². The van der Waals surface area contributed by atoms with Crippen molar-refractivity contribution in [2.45, 2.75) is 50.6 Å². The molecule has 6 heteroatoms. The van der Waals surface area contributed by atoms with Crippen LogP contribution < -0.4 is 5.32 Å². The fourth-order valence-electron chi connectivity index (χ4n) is 3.55. The van der Waals surface area contributed by atoms with Gasteiger partial charge in [-0.2, -0.15) is 0 Å². The zero-order chi connectivity index (χ0) is 23.9. The molecular formula is C28H30N4OS. The molecular weight excluding hydrogens is 440 g/mol. The van der Waals surface area contributed by atoms with Crippen LogP contribution in [-0.4, -0.2) is 26.7 Å². The number of nitrogens with one attached hydrogen (secondary N) is 1. The number of rotatable bonds is 9. The molecule has 34 heavy (non-hydrogen) atoms. The van der Waals surface area contributed by atoms with Gasteiger partial charge in [0.1, 0.15) is 5.82 Å². The SMILES string of the molecule is CC[C@@H](C)NC(=O)c1ccc(CSc2nnc(Cc3ccccc3)n2-c2ccc(C)cc2)cc1. The minimum Gasteiger partial charge on any atom is -0.350 e. The summed E-state index contributed by atoms with van der Waals surface area (Å²) in [6.45, 7) is 6.16. The van der Waals surface area contributed by atoms with Crippen LogP contribution >= 0.6 is 11.8 Å². The van der Waals surface area contributed by atoms with Crippen molar-refractivity contribution in [3.63, 3.8) is 0 Å². The van der Waals surface area contributed by atoms with Crippen LogP contribution in [0.3, 0.4) is 0 Å². The third-order valence-electron chi connectivity index (χ3n) is 5.77. The predicted molar refractivity (Wildman–Crippen MR) is 139 cm³/mol. The summed E-state index contributed by atoms with van der Waals surface area (Å²) in [6.07, 6.45) is 1.62. The number of aromatic nitrogens is 3. The Morgan fingerprint density at radius 3 is 2.32 bits per heavy atom. The number of amides is 1. The fraction of sp³-hybridized carbons (Fsp3) is 0.250. The molecule has 0 bridgehead atoms. The Balaban J connectivity index is 1.52. The molecule has 0 aliphatic carbocycles. The Morgan fingerprint density at radius 1 is 0.941 bits per heavy atom. The van der Waals surface area contributed by atoms with Gasteiger partial charge >= 0.3 is 0 Å². The van der Waals surface area contributed by atoms with Gasteiger partial charge in [-0.3, -0.25) is 9.36 Å². The van der Waals surface area contributed by atoms with Crippen molar-refractivity contribution in [3.05, 3.63) is 107 Å². The predicted octanol–water partition coefficient (Wildman–Crippen LogP) is 5.99. The summed E-state index contributed by atoms with van der Waals surface area (Å²) in [4.78, 5) is 12.3. The summed E-state index contributed by atoms with van der Waals surface area (Å²) in [5, 5.41) is 12.9. The molecule has 0 radical (unpaired) electrons. The summed E-state index contributed by atoms with van der Waals surface area (Å²) in [6, 6.07) is 26.7. The van der Waals surface area contributed by atoms with Crippen molar-refractivity contribution in [2.75, 3.05) is 0 Å². The molecule has 3 aromatic carbocycles. The van der Waals surface area contributed by atoms with Crippen LogP contribution in [0.2, 0.25) is 0 Å². The van der Waals surface area contributed by atoms with E-state index in [2.05, 4.69) is 70.3 Å². The van der Waals surface area contributed by atoms with Crippen molar-refractivity contribution in [1.29, 1.82) is 0 Å². The highest BCUT2D eigenvalue weighted by atomic mass is 32.2. The second-order valence-electron chi connectivity index (χ2n) is 8.50. The topological polar surface area (TPSA) is 59.8 Å². The normalized spacial score (nSPS) is 11.9. The number of carbonyl (C=O) groups excluding carboxylic acids is 1. The van der Waals surface area contributed by atoms with Gasteiger partial charge in [-0.15, -0.1) is 10.2 Å². The van der Waals surface area contributed by atoms with E-state index in [1.165, 1.54) is 11.1 Å².